The molecule has 1 unspecified atom stereocenters. The summed E-state index contributed by atoms with van der Waals surface area (Å²) in [7, 11) is 0. The maximum atomic E-state index is 13.4. The first-order chi connectivity index (χ1) is 10.6. The topological polar surface area (TPSA) is 79.1 Å². The number of carboxylic acids is 1. The van der Waals surface area contributed by atoms with Crippen LogP contribution in [0.15, 0.2) is 39.6 Å². The van der Waals surface area contributed by atoms with Crippen molar-refractivity contribution < 1.29 is 19.1 Å². The van der Waals surface area contributed by atoms with Crippen LogP contribution in [0.4, 0.5) is 4.39 Å². The highest BCUT2D eigenvalue weighted by Crippen LogP contribution is 2.33. The molecule has 1 aromatic rings. The Morgan fingerprint density at radius 1 is 1.32 bits per heavy atom. The van der Waals surface area contributed by atoms with Crippen LogP contribution in [0.1, 0.15) is 41.6 Å². The molecular formula is C16H15FN2O3. The molecule has 2 aliphatic rings. The number of rotatable bonds is 3. The van der Waals surface area contributed by atoms with E-state index < -0.39 is 11.8 Å². The van der Waals surface area contributed by atoms with Gasteiger partial charge in [-0.05, 0) is 49.0 Å². The number of hydrogen-bond donors (Lipinski definition) is 1. The highest BCUT2D eigenvalue weighted by molar-refractivity contribution is 5.95. The van der Waals surface area contributed by atoms with Crippen molar-refractivity contribution in [2.45, 2.75) is 38.1 Å². The molecule has 1 atom stereocenters. The summed E-state index contributed by atoms with van der Waals surface area (Å²) in [5.74, 6) is -2.30. The molecule has 0 saturated heterocycles. The van der Waals surface area contributed by atoms with Crippen LogP contribution in [0.25, 0.3) is 0 Å². The minimum atomic E-state index is -1.29. The van der Waals surface area contributed by atoms with Crippen LogP contribution in [0.3, 0.4) is 0 Å². The number of halogens is 1. The number of carboxylic acid groups (broad SMARTS) is 1. The predicted octanol–water partition coefficient (Wildman–Crippen LogP) is 3.30. The number of aromatic carboxylic acids is 1. The van der Waals surface area contributed by atoms with E-state index in [0.717, 1.165) is 42.9 Å². The minimum Gasteiger partial charge on any atom is -0.478 e. The van der Waals surface area contributed by atoms with E-state index in [1.807, 2.05) is 0 Å². The molecule has 6 heteroatoms. The lowest BCUT2D eigenvalue weighted by Crippen LogP contribution is -2.23. The summed E-state index contributed by atoms with van der Waals surface area (Å²) < 4.78 is 13.4. The molecule has 1 amide bonds. The second kappa shape index (κ2) is 5.79. The second-order valence-electron chi connectivity index (χ2n) is 5.57. The van der Waals surface area contributed by atoms with Crippen LogP contribution >= 0.6 is 0 Å². The lowest BCUT2D eigenvalue weighted by molar-refractivity contribution is -0.115. The Balaban J connectivity index is 1.88. The average Bonchev–Trinajstić information content (AvgIpc) is 2.52. The average molecular weight is 302 g/mol. The van der Waals surface area contributed by atoms with Crippen molar-refractivity contribution in [2.75, 3.05) is 0 Å². The highest BCUT2D eigenvalue weighted by Gasteiger charge is 2.29. The van der Waals surface area contributed by atoms with Crippen LogP contribution in [-0.2, 0) is 11.2 Å². The summed E-state index contributed by atoms with van der Waals surface area (Å²) in [6.07, 6.45) is 3.97. The van der Waals surface area contributed by atoms with Gasteiger partial charge in [0.25, 0.3) is 5.91 Å². The van der Waals surface area contributed by atoms with E-state index in [-0.39, 0.29) is 17.5 Å². The molecule has 5 nitrogen and oxygen atoms in total. The molecule has 1 N–H and O–H groups in total. The molecule has 1 aromatic carbocycles. The van der Waals surface area contributed by atoms with E-state index in [1.54, 1.807) is 6.07 Å². The summed E-state index contributed by atoms with van der Waals surface area (Å²) in [4.78, 5) is 22.8. The zero-order valence-corrected chi connectivity index (χ0v) is 11.9. The Morgan fingerprint density at radius 3 is 2.86 bits per heavy atom. The van der Waals surface area contributed by atoms with E-state index in [9.17, 15) is 14.0 Å². The summed E-state index contributed by atoms with van der Waals surface area (Å²) in [6, 6.07) is 3.78. The first kappa shape index (κ1) is 14.6. The van der Waals surface area contributed by atoms with Crippen molar-refractivity contribution in [3.05, 3.63) is 46.3 Å². The molecule has 1 aliphatic carbocycles. The van der Waals surface area contributed by atoms with E-state index in [4.69, 9.17) is 5.11 Å². The van der Waals surface area contributed by atoms with Crippen molar-refractivity contribution >= 4 is 11.9 Å². The van der Waals surface area contributed by atoms with Crippen molar-refractivity contribution in [3.63, 3.8) is 0 Å². The van der Waals surface area contributed by atoms with Crippen molar-refractivity contribution in [2.24, 2.45) is 10.2 Å². The first-order valence-electron chi connectivity index (χ1n) is 7.25. The first-order valence-corrected chi connectivity index (χ1v) is 7.25. The van der Waals surface area contributed by atoms with E-state index in [0.29, 0.717) is 12.0 Å². The number of nitrogens with zero attached hydrogens (tertiary/aromatic N) is 2. The Labute approximate surface area is 126 Å². The Kier molecular flexibility index (Phi) is 3.83. The van der Waals surface area contributed by atoms with Gasteiger partial charge in [-0.2, -0.15) is 5.11 Å². The molecule has 3 rings (SSSR count). The van der Waals surface area contributed by atoms with Gasteiger partial charge in [-0.1, -0.05) is 6.07 Å². The predicted molar refractivity (Wildman–Crippen MR) is 76.2 cm³/mol. The third-order valence-electron chi connectivity index (χ3n) is 4.15. The number of carbonyl (C=O) groups is 2. The fraction of sp³-hybridized carbons (Fsp3) is 0.375. The van der Waals surface area contributed by atoms with Gasteiger partial charge in [-0.15, -0.1) is 5.11 Å². The van der Waals surface area contributed by atoms with Gasteiger partial charge in [0.2, 0.25) is 0 Å². The van der Waals surface area contributed by atoms with E-state index in [2.05, 4.69) is 10.2 Å². The summed E-state index contributed by atoms with van der Waals surface area (Å²) in [5.41, 5.74) is 2.09. The molecule has 0 bridgehead atoms. The number of hydrogen-bond acceptors (Lipinski definition) is 3. The molecule has 0 aromatic heterocycles. The third-order valence-corrected chi connectivity index (χ3v) is 4.15. The van der Waals surface area contributed by atoms with Gasteiger partial charge in [0, 0.05) is 12.0 Å². The molecular weight excluding hydrogens is 287 g/mol. The molecule has 0 radical (unpaired) electrons. The summed E-state index contributed by atoms with van der Waals surface area (Å²) in [6.45, 7) is 0. The molecule has 0 saturated carbocycles. The maximum Gasteiger partial charge on any atom is 0.338 e. The lowest BCUT2D eigenvalue weighted by Gasteiger charge is -2.25. The normalized spacial score (nSPS) is 21.0. The SMILES string of the molecule is O=C1N=NC(Cc2ccc(F)c(C(=O)O)c2)C2=C1CCCC2. The standard InChI is InChI=1S/C16H15FN2O3/c17-13-6-5-9(7-12(13)16(21)22)8-14-10-3-1-2-4-11(10)15(20)19-18-14/h5-7,14H,1-4,8H2,(H,21,22). The fourth-order valence-corrected chi connectivity index (χ4v) is 3.04. The van der Waals surface area contributed by atoms with Crippen molar-refractivity contribution in [1.29, 1.82) is 0 Å². The molecule has 114 valence electrons. The number of benzene rings is 1. The van der Waals surface area contributed by atoms with Crippen LogP contribution < -0.4 is 0 Å². The van der Waals surface area contributed by atoms with Crippen LogP contribution in [0, 0.1) is 5.82 Å². The summed E-state index contributed by atoms with van der Waals surface area (Å²) in [5, 5.41) is 16.8. The zero-order valence-electron chi connectivity index (χ0n) is 11.9. The Morgan fingerprint density at radius 2 is 2.09 bits per heavy atom. The highest BCUT2D eigenvalue weighted by atomic mass is 19.1. The summed E-state index contributed by atoms with van der Waals surface area (Å²) >= 11 is 0. The monoisotopic (exact) mass is 302 g/mol. The van der Waals surface area contributed by atoms with E-state index >= 15 is 0 Å². The largest absolute Gasteiger partial charge is 0.478 e. The van der Waals surface area contributed by atoms with Crippen LogP contribution in [0.5, 0.6) is 0 Å². The van der Waals surface area contributed by atoms with Gasteiger partial charge < -0.3 is 5.11 Å². The van der Waals surface area contributed by atoms with Gasteiger partial charge in [-0.3, -0.25) is 4.79 Å². The fourth-order valence-electron chi connectivity index (χ4n) is 3.04. The molecule has 0 fully saturated rings. The second-order valence-corrected chi connectivity index (χ2v) is 5.57. The smallest absolute Gasteiger partial charge is 0.338 e. The molecule has 22 heavy (non-hydrogen) atoms. The molecule has 1 aliphatic heterocycles. The third kappa shape index (κ3) is 2.68. The lowest BCUT2D eigenvalue weighted by atomic mass is 9.84. The number of amides is 1. The Hall–Kier alpha value is -2.37. The van der Waals surface area contributed by atoms with E-state index in [1.165, 1.54) is 6.07 Å². The maximum absolute atomic E-state index is 13.4. The van der Waals surface area contributed by atoms with Crippen molar-refractivity contribution in [3.8, 4) is 0 Å². The van der Waals surface area contributed by atoms with Gasteiger partial charge in [0.15, 0.2) is 0 Å². The van der Waals surface area contributed by atoms with Gasteiger partial charge >= 0.3 is 5.97 Å². The van der Waals surface area contributed by atoms with Crippen LogP contribution in [-0.4, -0.2) is 23.0 Å². The molecule has 0 spiro atoms. The zero-order chi connectivity index (χ0) is 15.7. The molecule has 1 heterocycles. The van der Waals surface area contributed by atoms with Crippen molar-refractivity contribution in [1.82, 2.24) is 0 Å². The quantitative estimate of drug-likeness (QED) is 0.930. The number of carbonyl (C=O) groups excluding carboxylic acids is 1. The van der Waals surface area contributed by atoms with Gasteiger partial charge in [0.05, 0.1) is 11.6 Å². The van der Waals surface area contributed by atoms with Crippen LogP contribution in [0.2, 0.25) is 0 Å². The Bertz CT molecular complexity index is 709. The van der Waals surface area contributed by atoms with Gasteiger partial charge in [-0.25, -0.2) is 9.18 Å². The minimum absolute atomic E-state index is 0.250. The number of azo groups is 1. The van der Waals surface area contributed by atoms with Gasteiger partial charge in [0.1, 0.15) is 5.82 Å².